The maximum absolute atomic E-state index is 9.49. The lowest BCUT2D eigenvalue weighted by molar-refractivity contribution is 0.670. The summed E-state index contributed by atoms with van der Waals surface area (Å²) in [4.78, 5) is 10.5. The van der Waals surface area contributed by atoms with Gasteiger partial charge < -0.3 is 4.42 Å². The average molecular weight is 691 g/mol. The van der Waals surface area contributed by atoms with Crippen molar-refractivity contribution in [2.45, 2.75) is 6.42 Å². The van der Waals surface area contributed by atoms with E-state index in [2.05, 4.69) is 84.9 Å². The summed E-state index contributed by atoms with van der Waals surface area (Å²) in [5.41, 5.74) is 13.4. The van der Waals surface area contributed by atoms with E-state index in [9.17, 15) is 10.5 Å². The van der Waals surface area contributed by atoms with Crippen molar-refractivity contribution >= 4 is 39.2 Å². The molecule has 8 aromatic rings. The first-order valence-corrected chi connectivity index (χ1v) is 17.7. The van der Waals surface area contributed by atoms with E-state index in [0.29, 0.717) is 23.4 Å². The first-order valence-electron chi connectivity index (χ1n) is 17.7. The smallest absolute Gasteiger partial charge is 0.160 e. The van der Waals surface area contributed by atoms with E-state index in [1.165, 1.54) is 0 Å². The Hall–Kier alpha value is -7.60. The molecular formula is C49H30N4O. The summed E-state index contributed by atoms with van der Waals surface area (Å²) in [7, 11) is 0. The molecule has 2 heterocycles. The van der Waals surface area contributed by atoms with Crippen LogP contribution in [0.2, 0.25) is 0 Å². The van der Waals surface area contributed by atoms with E-state index in [0.717, 1.165) is 83.4 Å². The number of aliphatic imine (C=N–C) groups is 2. The highest BCUT2D eigenvalue weighted by molar-refractivity contribution is 6.18. The number of furan rings is 1. The van der Waals surface area contributed by atoms with Crippen LogP contribution in [-0.4, -0.2) is 11.5 Å². The van der Waals surface area contributed by atoms with Crippen LogP contribution in [0.5, 0.6) is 0 Å². The van der Waals surface area contributed by atoms with Gasteiger partial charge in [0.1, 0.15) is 11.2 Å². The number of fused-ring (bicyclic) bond motifs is 3. The van der Waals surface area contributed by atoms with Crippen LogP contribution in [0.3, 0.4) is 0 Å². The van der Waals surface area contributed by atoms with E-state index in [1.54, 1.807) is 0 Å². The number of benzene rings is 7. The van der Waals surface area contributed by atoms with Gasteiger partial charge in [0.15, 0.2) is 5.84 Å². The number of amidine groups is 1. The Kier molecular flexibility index (Phi) is 8.29. The van der Waals surface area contributed by atoms with Gasteiger partial charge in [0, 0.05) is 33.9 Å². The monoisotopic (exact) mass is 690 g/mol. The fourth-order valence-corrected chi connectivity index (χ4v) is 7.11. The first-order chi connectivity index (χ1) is 26.6. The fraction of sp³-hybridized carbons (Fsp3) is 0.0204. The Morgan fingerprint density at radius 3 is 1.80 bits per heavy atom. The topological polar surface area (TPSA) is 85.4 Å². The Morgan fingerprint density at radius 1 is 0.481 bits per heavy atom. The number of hydrogen-bond acceptors (Lipinski definition) is 5. The number of rotatable bonds is 6. The first kappa shape index (κ1) is 32.3. The van der Waals surface area contributed by atoms with Crippen molar-refractivity contribution in [1.29, 1.82) is 10.5 Å². The third-order valence-electron chi connectivity index (χ3n) is 9.84. The number of nitriles is 2. The minimum atomic E-state index is 0.576. The van der Waals surface area contributed by atoms with Gasteiger partial charge in [0.2, 0.25) is 0 Å². The number of allylic oxidation sites excluding steroid dienone is 1. The molecule has 0 saturated heterocycles. The predicted molar refractivity (Wildman–Crippen MR) is 218 cm³/mol. The van der Waals surface area contributed by atoms with E-state index in [4.69, 9.17) is 14.4 Å². The van der Waals surface area contributed by atoms with Crippen molar-refractivity contribution in [1.82, 2.24) is 0 Å². The lowest BCUT2D eigenvalue weighted by Crippen LogP contribution is -2.05. The Morgan fingerprint density at radius 2 is 1.09 bits per heavy atom. The van der Waals surface area contributed by atoms with Gasteiger partial charge in [0.05, 0.1) is 34.7 Å². The second-order valence-electron chi connectivity index (χ2n) is 13.2. The van der Waals surface area contributed by atoms with Crippen LogP contribution in [0.4, 0.5) is 0 Å². The van der Waals surface area contributed by atoms with Crippen LogP contribution in [0, 0.1) is 22.7 Å². The molecule has 0 atom stereocenters. The van der Waals surface area contributed by atoms with Gasteiger partial charge >= 0.3 is 0 Å². The highest BCUT2D eigenvalue weighted by atomic mass is 16.3. The van der Waals surface area contributed by atoms with Gasteiger partial charge in [-0.2, -0.15) is 10.5 Å². The zero-order valence-electron chi connectivity index (χ0n) is 29.1. The molecule has 0 bridgehead atoms. The third kappa shape index (κ3) is 6.07. The maximum atomic E-state index is 9.49. The van der Waals surface area contributed by atoms with Gasteiger partial charge in [-0.15, -0.1) is 0 Å². The minimum absolute atomic E-state index is 0.576. The van der Waals surface area contributed by atoms with Crippen LogP contribution >= 0.6 is 0 Å². The largest absolute Gasteiger partial charge is 0.455 e. The molecule has 5 heteroatoms. The van der Waals surface area contributed by atoms with Gasteiger partial charge in [0.25, 0.3) is 0 Å². The number of hydrogen-bond donors (Lipinski definition) is 0. The normalized spacial score (nSPS) is 12.7. The van der Waals surface area contributed by atoms with E-state index >= 15 is 0 Å². The summed E-state index contributed by atoms with van der Waals surface area (Å²) in [5.74, 6) is 0.640. The van der Waals surface area contributed by atoms with E-state index < -0.39 is 0 Å². The molecule has 9 rings (SSSR count). The van der Waals surface area contributed by atoms with Crippen molar-refractivity contribution in [3.05, 3.63) is 198 Å². The SMILES string of the molecule is N#Cc1ccc(-c2cc(-c3ccc(C#N)cc3)c3oc4cccc(C5=CCC(c6cccc(-c7ccccc7)c6)=NC(c6ccccc6)=N5)c4c3c2)cc1. The van der Waals surface area contributed by atoms with Gasteiger partial charge in [-0.05, 0) is 81.9 Å². The van der Waals surface area contributed by atoms with Crippen molar-refractivity contribution < 1.29 is 4.42 Å². The van der Waals surface area contributed by atoms with Gasteiger partial charge in [-0.1, -0.05) is 121 Å². The molecule has 0 radical (unpaired) electrons. The molecule has 1 aliphatic heterocycles. The fourth-order valence-electron chi connectivity index (χ4n) is 7.11. The predicted octanol–water partition coefficient (Wildman–Crippen LogP) is 12.0. The lowest BCUT2D eigenvalue weighted by Gasteiger charge is -2.09. The third-order valence-corrected chi connectivity index (χ3v) is 9.84. The Bertz CT molecular complexity index is 2890. The molecule has 5 nitrogen and oxygen atoms in total. The van der Waals surface area contributed by atoms with Crippen molar-refractivity contribution in [3.8, 4) is 45.5 Å². The van der Waals surface area contributed by atoms with Crippen molar-refractivity contribution in [2.24, 2.45) is 9.98 Å². The zero-order chi connectivity index (χ0) is 36.4. The van der Waals surface area contributed by atoms with E-state index in [1.807, 2.05) is 97.1 Å². The summed E-state index contributed by atoms with van der Waals surface area (Å²) >= 11 is 0. The van der Waals surface area contributed by atoms with Gasteiger partial charge in [-0.3, -0.25) is 0 Å². The summed E-state index contributed by atoms with van der Waals surface area (Å²) in [6.07, 6.45) is 2.75. The Labute approximate surface area is 312 Å². The summed E-state index contributed by atoms with van der Waals surface area (Å²) < 4.78 is 6.73. The van der Waals surface area contributed by atoms with Crippen LogP contribution in [0.1, 0.15) is 34.2 Å². The van der Waals surface area contributed by atoms with E-state index in [-0.39, 0.29) is 0 Å². The molecule has 0 N–H and O–H groups in total. The summed E-state index contributed by atoms with van der Waals surface area (Å²) in [5, 5.41) is 20.9. The zero-order valence-corrected chi connectivity index (χ0v) is 29.1. The summed E-state index contributed by atoms with van der Waals surface area (Å²) in [6.45, 7) is 0. The minimum Gasteiger partial charge on any atom is -0.455 e. The molecule has 0 fully saturated rings. The molecular weight excluding hydrogens is 661 g/mol. The molecule has 0 spiro atoms. The highest BCUT2D eigenvalue weighted by Gasteiger charge is 2.21. The molecule has 252 valence electrons. The lowest BCUT2D eigenvalue weighted by atomic mass is 9.93. The maximum Gasteiger partial charge on any atom is 0.160 e. The second kappa shape index (κ2) is 13.8. The second-order valence-corrected chi connectivity index (χ2v) is 13.2. The molecule has 1 aromatic heterocycles. The van der Waals surface area contributed by atoms with Gasteiger partial charge in [-0.25, -0.2) is 9.98 Å². The quantitative estimate of drug-likeness (QED) is 0.174. The summed E-state index contributed by atoms with van der Waals surface area (Å²) in [6, 6.07) is 59.1. The van der Waals surface area contributed by atoms with Crippen molar-refractivity contribution in [2.75, 3.05) is 0 Å². The Balaban J connectivity index is 1.24. The molecule has 54 heavy (non-hydrogen) atoms. The molecule has 1 aliphatic rings. The van der Waals surface area contributed by atoms with Crippen molar-refractivity contribution in [3.63, 3.8) is 0 Å². The molecule has 0 amide bonds. The van der Waals surface area contributed by atoms with Crippen LogP contribution < -0.4 is 0 Å². The molecule has 0 saturated carbocycles. The standard InChI is InChI=1S/C49H30N4O/c50-30-32-17-21-35(22-18-32)40-28-42(36-23-19-33(31-51)20-24-36)48-43(29-40)47-41(15-8-16-46(47)54-48)45-26-25-44(52-49(53-45)37-11-5-2-6-12-37)39-14-7-13-38(27-39)34-9-3-1-4-10-34/h1-24,26-29H,25H2. The number of nitrogens with zero attached hydrogens (tertiary/aromatic N) is 4. The van der Waals surface area contributed by atoms with Crippen LogP contribution in [0.15, 0.2) is 184 Å². The molecule has 0 unspecified atom stereocenters. The molecule has 0 aliphatic carbocycles. The molecule has 7 aromatic carbocycles. The highest BCUT2D eigenvalue weighted by Crippen LogP contribution is 2.42. The van der Waals surface area contributed by atoms with Crippen LogP contribution in [-0.2, 0) is 0 Å². The van der Waals surface area contributed by atoms with Crippen LogP contribution in [0.25, 0.3) is 61.0 Å². The average Bonchev–Trinajstić information content (AvgIpc) is 3.48.